The molecular formula is C20H18N4O4S. The zero-order chi connectivity index (χ0) is 19.6. The van der Waals surface area contributed by atoms with Crippen LogP contribution in [0.15, 0.2) is 46.1 Å². The molecule has 8 nitrogen and oxygen atoms in total. The maximum absolute atomic E-state index is 12.2. The topological polar surface area (TPSA) is 99.4 Å². The van der Waals surface area contributed by atoms with Crippen molar-refractivity contribution < 1.29 is 18.8 Å². The number of hydrogen-bond acceptors (Lipinski definition) is 8. The predicted molar refractivity (Wildman–Crippen MR) is 106 cm³/mol. The van der Waals surface area contributed by atoms with Gasteiger partial charge in [-0.1, -0.05) is 16.9 Å². The zero-order valence-corrected chi connectivity index (χ0v) is 16.3. The Morgan fingerprint density at radius 2 is 2.00 bits per heavy atom. The van der Waals surface area contributed by atoms with Gasteiger partial charge in [-0.15, -0.1) is 0 Å². The van der Waals surface area contributed by atoms with Gasteiger partial charge in [-0.3, -0.25) is 4.79 Å². The van der Waals surface area contributed by atoms with Crippen LogP contribution in [0.5, 0.6) is 11.5 Å². The number of anilines is 1. The van der Waals surface area contributed by atoms with E-state index in [0.29, 0.717) is 42.2 Å². The normalized spacial score (nSPS) is 15.2. The molecule has 5 rings (SSSR count). The van der Waals surface area contributed by atoms with Crippen LogP contribution in [0.4, 0.5) is 5.69 Å². The van der Waals surface area contributed by atoms with Gasteiger partial charge < -0.3 is 19.3 Å². The van der Waals surface area contributed by atoms with Crippen LogP contribution in [0.3, 0.4) is 0 Å². The number of ether oxygens (including phenoxy) is 2. The van der Waals surface area contributed by atoms with E-state index in [0.717, 1.165) is 29.3 Å². The zero-order valence-electron chi connectivity index (χ0n) is 15.5. The van der Waals surface area contributed by atoms with E-state index in [1.54, 1.807) is 24.4 Å². The first-order valence-electron chi connectivity index (χ1n) is 9.37. The van der Waals surface area contributed by atoms with Gasteiger partial charge in [0.25, 0.3) is 5.89 Å². The van der Waals surface area contributed by atoms with Gasteiger partial charge in [-0.25, -0.2) is 4.98 Å². The van der Waals surface area contributed by atoms with E-state index in [4.69, 9.17) is 14.0 Å². The molecule has 2 aromatic heterocycles. The standard InChI is InChI=1S/C20H18N4O4S/c25-17(22-14-4-5-15-16(9-14)27-8-7-26-15)11-29-18-6-3-13(10-21-18)20-23-19(24-28-20)12-1-2-12/h3-6,9-10,12H,1-2,7-8,11H2,(H,22,25). The molecule has 0 atom stereocenters. The molecule has 2 aliphatic rings. The molecule has 1 aliphatic heterocycles. The van der Waals surface area contributed by atoms with Crippen molar-refractivity contribution >= 4 is 23.4 Å². The summed E-state index contributed by atoms with van der Waals surface area (Å²) < 4.78 is 16.3. The van der Waals surface area contributed by atoms with Gasteiger partial charge in [0.15, 0.2) is 17.3 Å². The highest BCUT2D eigenvalue weighted by atomic mass is 32.2. The molecule has 29 heavy (non-hydrogen) atoms. The molecule has 0 unspecified atom stereocenters. The minimum absolute atomic E-state index is 0.122. The van der Waals surface area contributed by atoms with Gasteiger partial charge >= 0.3 is 0 Å². The molecule has 0 bridgehead atoms. The van der Waals surface area contributed by atoms with Crippen LogP contribution in [0.2, 0.25) is 0 Å². The molecule has 0 radical (unpaired) electrons. The van der Waals surface area contributed by atoms with Crippen molar-refractivity contribution in [3.05, 3.63) is 42.4 Å². The summed E-state index contributed by atoms with van der Waals surface area (Å²) in [7, 11) is 0. The number of rotatable bonds is 6. The van der Waals surface area contributed by atoms with Crippen LogP contribution >= 0.6 is 11.8 Å². The quantitative estimate of drug-likeness (QED) is 0.617. The minimum atomic E-state index is -0.122. The second-order valence-corrected chi connectivity index (χ2v) is 7.81. The number of aromatic nitrogens is 3. The first kappa shape index (κ1) is 18.0. The van der Waals surface area contributed by atoms with Crippen LogP contribution in [-0.4, -0.2) is 40.0 Å². The van der Waals surface area contributed by atoms with Gasteiger partial charge in [-0.2, -0.15) is 4.98 Å². The molecule has 1 fully saturated rings. The van der Waals surface area contributed by atoms with E-state index < -0.39 is 0 Å². The SMILES string of the molecule is O=C(CSc1ccc(-c2nc(C3CC3)no2)cn1)Nc1ccc2c(c1)OCCO2. The Morgan fingerprint density at radius 3 is 2.79 bits per heavy atom. The Morgan fingerprint density at radius 1 is 1.14 bits per heavy atom. The molecule has 1 aliphatic carbocycles. The minimum Gasteiger partial charge on any atom is -0.486 e. The second-order valence-electron chi connectivity index (χ2n) is 6.81. The lowest BCUT2D eigenvalue weighted by molar-refractivity contribution is -0.113. The predicted octanol–water partition coefficient (Wildman–Crippen LogP) is 3.51. The molecule has 1 saturated carbocycles. The Balaban J connectivity index is 1.16. The number of amides is 1. The highest BCUT2D eigenvalue weighted by molar-refractivity contribution is 7.99. The maximum Gasteiger partial charge on any atom is 0.259 e. The van der Waals surface area contributed by atoms with Crippen molar-refractivity contribution in [3.63, 3.8) is 0 Å². The third-order valence-electron chi connectivity index (χ3n) is 4.54. The summed E-state index contributed by atoms with van der Waals surface area (Å²) in [6.07, 6.45) is 3.94. The van der Waals surface area contributed by atoms with Crippen LogP contribution < -0.4 is 14.8 Å². The largest absolute Gasteiger partial charge is 0.486 e. The first-order valence-corrected chi connectivity index (χ1v) is 10.4. The molecule has 1 N–H and O–H groups in total. The van der Waals surface area contributed by atoms with Crippen molar-refractivity contribution in [2.24, 2.45) is 0 Å². The van der Waals surface area contributed by atoms with E-state index >= 15 is 0 Å². The van der Waals surface area contributed by atoms with Crippen LogP contribution in [0, 0.1) is 0 Å². The first-order chi connectivity index (χ1) is 14.2. The summed E-state index contributed by atoms with van der Waals surface area (Å²) in [6, 6.07) is 9.08. The number of carbonyl (C=O) groups is 1. The van der Waals surface area contributed by atoms with E-state index in [1.165, 1.54) is 11.8 Å². The third kappa shape index (κ3) is 4.19. The number of carbonyl (C=O) groups excluding carboxylic acids is 1. The number of nitrogens with zero attached hydrogens (tertiary/aromatic N) is 3. The summed E-state index contributed by atoms with van der Waals surface area (Å²) >= 11 is 1.35. The average molecular weight is 410 g/mol. The molecule has 1 amide bonds. The summed E-state index contributed by atoms with van der Waals surface area (Å²) in [5.74, 6) is 3.16. The Kier molecular flexibility index (Phi) is 4.81. The number of benzene rings is 1. The molecule has 3 heterocycles. The highest BCUT2D eigenvalue weighted by Gasteiger charge is 2.29. The fourth-order valence-electron chi connectivity index (χ4n) is 2.91. The molecule has 3 aromatic rings. The van der Waals surface area contributed by atoms with Crippen molar-refractivity contribution in [2.75, 3.05) is 24.3 Å². The Labute approximate surface area is 171 Å². The van der Waals surface area contributed by atoms with Crippen LogP contribution in [0.25, 0.3) is 11.5 Å². The number of nitrogens with one attached hydrogen (secondary N) is 1. The molecule has 148 valence electrons. The summed E-state index contributed by atoms with van der Waals surface area (Å²) in [4.78, 5) is 21.0. The van der Waals surface area contributed by atoms with E-state index in [1.807, 2.05) is 12.1 Å². The fourth-order valence-corrected chi connectivity index (χ4v) is 3.55. The Bertz CT molecular complexity index is 1030. The van der Waals surface area contributed by atoms with Crippen molar-refractivity contribution in [1.29, 1.82) is 0 Å². The van der Waals surface area contributed by atoms with Gasteiger partial charge in [0.05, 0.1) is 16.3 Å². The molecule has 0 saturated heterocycles. The smallest absolute Gasteiger partial charge is 0.259 e. The summed E-state index contributed by atoms with van der Waals surface area (Å²) in [5.41, 5.74) is 1.44. The highest BCUT2D eigenvalue weighted by Crippen LogP contribution is 2.39. The molecular weight excluding hydrogens is 392 g/mol. The maximum atomic E-state index is 12.2. The van der Waals surface area contributed by atoms with Gasteiger partial charge in [0.2, 0.25) is 5.91 Å². The number of pyridine rings is 1. The van der Waals surface area contributed by atoms with Crippen LogP contribution in [0.1, 0.15) is 24.6 Å². The van der Waals surface area contributed by atoms with Crippen molar-refractivity contribution in [1.82, 2.24) is 15.1 Å². The van der Waals surface area contributed by atoms with Gasteiger partial charge in [-0.05, 0) is 37.1 Å². The van der Waals surface area contributed by atoms with E-state index in [2.05, 4.69) is 20.4 Å². The lowest BCUT2D eigenvalue weighted by atomic mass is 10.2. The lowest BCUT2D eigenvalue weighted by Crippen LogP contribution is -2.17. The monoisotopic (exact) mass is 410 g/mol. The number of thioether (sulfide) groups is 1. The van der Waals surface area contributed by atoms with Crippen LogP contribution in [-0.2, 0) is 4.79 Å². The molecule has 9 heteroatoms. The van der Waals surface area contributed by atoms with E-state index in [-0.39, 0.29) is 11.7 Å². The summed E-state index contributed by atoms with van der Waals surface area (Å²) in [5, 5.41) is 7.62. The van der Waals surface area contributed by atoms with Gasteiger partial charge in [0.1, 0.15) is 13.2 Å². The number of hydrogen-bond donors (Lipinski definition) is 1. The van der Waals surface area contributed by atoms with Crippen molar-refractivity contribution in [2.45, 2.75) is 23.8 Å². The molecule has 0 spiro atoms. The van der Waals surface area contributed by atoms with Gasteiger partial charge in [0, 0.05) is 23.9 Å². The van der Waals surface area contributed by atoms with E-state index in [9.17, 15) is 4.79 Å². The second kappa shape index (κ2) is 7.75. The summed E-state index contributed by atoms with van der Waals surface area (Å²) in [6.45, 7) is 1.04. The van der Waals surface area contributed by atoms with Crippen molar-refractivity contribution in [3.8, 4) is 23.0 Å². The number of fused-ring (bicyclic) bond motifs is 1. The molecule has 1 aromatic carbocycles. The Hall–Kier alpha value is -3.07. The average Bonchev–Trinajstić information content (AvgIpc) is 3.49. The lowest BCUT2D eigenvalue weighted by Gasteiger charge is -2.18. The third-order valence-corrected chi connectivity index (χ3v) is 5.49. The fraction of sp³-hybridized carbons (Fsp3) is 0.300.